The number of aliphatic hydroxyl groups excluding tert-OH is 1. The summed E-state index contributed by atoms with van der Waals surface area (Å²) in [5, 5.41) is 13.1. The quantitative estimate of drug-likeness (QED) is 0.509. The number of rotatable bonds is 6. The molecule has 2 heterocycles. The lowest BCUT2D eigenvalue weighted by molar-refractivity contribution is -0.279. The van der Waals surface area contributed by atoms with Gasteiger partial charge in [-0.25, -0.2) is 9.18 Å². The zero-order valence-electron chi connectivity index (χ0n) is 16.3. The highest BCUT2D eigenvalue weighted by Gasteiger charge is 2.63. The number of carbonyl (C=O) groups excluding carboxylic acids is 2. The van der Waals surface area contributed by atoms with Crippen LogP contribution in [0.15, 0.2) is 0 Å². The van der Waals surface area contributed by atoms with E-state index in [0.29, 0.717) is 12.8 Å². The Balaban J connectivity index is 2.33. The lowest BCUT2D eigenvalue weighted by Crippen LogP contribution is -2.73. The molecule has 0 bridgehead atoms. The number of methoxy groups -OCH3 is 1. The van der Waals surface area contributed by atoms with E-state index in [-0.39, 0.29) is 6.61 Å². The van der Waals surface area contributed by atoms with Gasteiger partial charge in [-0.2, -0.15) is 4.39 Å². The molecule has 0 aromatic heterocycles. The molecule has 11 heteroatoms. The van der Waals surface area contributed by atoms with Crippen molar-refractivity contribution in [3.63, 3.8) is 0 Å². The summed E-state index contributed by atoms with van der Waals surface area (Å²) < 4.78 is 50.4. The van der Waals surface area contributed by atoms with Crippen LogP contribution >= 0.6 is 0 Å². The van der Waals surface area contributed by atoms with Crippen molar-refractivity contribution in [2.45, 2.75) is 81.8 Å². The van der Waals surface area contributed by atoms with Crippen molar-refractivity contribution in [3.8, 4) is 0 Å². The van der Waals surface area contributed by atoms with Gasteiger partial charge in [-0.3, -0.25) is 4.79 Å². The van der Waals surface area contributed by atoms with E-state index in [1.54, 1.807) is 0 Å². The molecular formula is C17H28F2N2O7. The van der Waals surface area contributed by atoms with E-state index in [1.807, 2.05) is 13.8 Å². The largest absolute Gasteiger partial charge is 0.465 e. The Morgan fingerprint density at radius 2 is 1.96 bits per heavy atom. The van der Waals surface area contributed by atoms with Gasteiger partial charge < -0.3 is 35.1 Å². The van der Waals surface area contributed by atoms with Gasteiger partial charge in [0, 0.05) is 6.92 Å². The Hall–Kier alpha value is -1.40. The second kappa shape index (κ2) is 8.54. The maximum atomic E-state index is 15.1. The molecule has 0 unspecified atom stereocenters. The molecule has 0 radical (unpaired) electrons. The highest BCUT2D eigenvalue weighted by molar-refractivity contribution is 5.79. The summed E-state index contributed by atoms with van der Waals surface area (Å²) in [4.78, 5) is 23.3. The number of aliphatic hydroxyl groups is 1. The lowest BCUT2D eigenvalue weighted by Gasteiger charge is -2.46. The summed E-state index contributed by atoms with van der Waals surface area (Å²) >= 11 is 0. The van der Waals surface area contributed by atoms with Gasteiger partial charge in [0.05, 0.1) is 25.8 Å². The van der Waals surface area contributed by atoms with Crippen LogP contribution in [0.2, 0.25) is 0 Å². The normalized spacial score (nSPS) is 38.6. The van der Waals surface area contributed by atoms with Crippen molar-refractivity contribution >= 4 is 11.9 Å². The summed E-state index contributed by atoms with van der Waals surface area (Å²) in [6.45, 7) is 4.78. The fourth-order valence-electron chi connectivity index (χ4n) is 3.56. The van der Waals surface area contributed by atoms with Crippen LogP contribution in [0.4, 0.5) is 8.78 Å². The van der Waals surface area contributed by atoms with E-state index in [2.05, 4.69) is 10.1 Å². The maximum absolute atomic E-state index is 15.1. The number of halogens is 2. The Bertz CT molecular complexity index is 592. The van der Waals surface area contributed by atoms with Gasteiger partial charge in [0.1, 0.15) is 18.3 Å². The number of carbonyl (C=O) groups is 2. The molecule has 0 aliphatic carbocycles. The third kappa shape index (κ3) is 3.99. The van der Waals surface area contributed by atoms with Crippen LogP contribution < -0.4 is 11.1 Å². The van der Waals surface area contributed by atoms with Crippen molar-refractivity contribution < 1.29 is 42.4 Å². The molecular weight excluding hydrogens is 382 g/mol. The van der Waals surface area contributed by atoms with Crippen LogP contribution in [0.1, 0.15) is 33.6 Å². The standard InChI is InChI=1S/C17H28F2N2O7/c1-5-16(6-2)26-7-9(27-16)12(23)13-11(21-8(3)22)10(20)14(18)17(19,28-13)15(24)25-4/h9-14,23H,5-7,20H2,1-4H3,(H,21,22)/t9-,10-,11-,12-,13-,14-,17-/m1/s1. The predicted molar refractivity (Wildman–Crippen MR) is 91.3 cm³/mol. The highest BCUT2D eigenvalue weighted by atomic mass is 19.2. The molecule has 162 valence electrons. The van der Waals surface area contributed by atoms with Crippen LogP contribution in [0.5, 0.6) is 0 Å². The van der Waals surface area contributed by atoms with Crippen LogP contribution in [-0.4, -0.2) is 78.9 Å². The molecule has 4 N–H and O–H groups in total. The third-order valence-electron chi connectivity index (χ3n) is 5.27. The number of esters is 1. The number of nitrogens with one attached hydrogen (secondary N) is 1. The molecule has 2 fully saturated rings. The predicted octanol–water partition coefficient (Wildman–Crippen LogP) is -0.313. The highest BCUT2D eigenvalue weighted by Crippen LogP contribution is 2.38. The Morgan fingerprint density at radius 1 is 1.36 bits per heavy atom. The average Bonchev–Trinajstić information content (AvgIpc) is 3.12. The van der Waals surface area contributed by atoms with Gasteiger partial charge in [0.25, 0.3) is 0 Å². The smallest absolute Gasteiger partial charge is 0.375 e. The van der Waals surface area contributed by atoms with E-state index in [4.69, 9.17) is 19.9 Å². The molecule has 2 aliphatic rings. The summed E-state index contributed by atoms with van der Waals surface area (Å²) in [6, 6.07) is -3.01. The average molecular weight is 410 g/mol. The first-order valence-electron chi connectivity index (χ1n) is 9.17. The minimum Gasteiger partial charge on any atom is -0.465 e. The Kier molecular flexibility index (Phi) is 6.98. The van der Waals surface area contributed by atoms with E-state index in [0.717, 1.165) is 14.0 Å². The molecule has 0 spiro atoms. The monoisotopic (exact) mass is 410 g/mol. The van der Waals surface area contributed by atoms with Crippen LogP contribution in [-0.2, 0) is 28.5 Å². The minimum atomic E-state index is -3.54. The molecule has 2 rings (SSSR count). The molecule has 2 saturated heterocycles. The fourth-order valence-corrected chi connectivity index (χ4v) is 3.56. The van der Waals surface area contributed by atoms with Crippen LogP contribution in [0, 0.1) is 0 Å². The topological polar surface area (TPSA) is 129 Å². The second-order valence-corrected chi connectivity index (χ2v) is 7.00. The zero-order chi connectivity index (χ0) is 21.3. The molecule has 0 aromatic carbocycles. The van der Waals surface area contributed by atoms with Gasteiger partial charge >= 0.3 is 11.8 Å². The first-order chi connectivity index (χ1) is 13.0. The van der Waals surface area contributed by atoms with E-state index in [1.165, 1.54) is 0 Å². The van der Waals surface area contributed by atoms with Crippen molar-refractivity contribution in [3.05, 3.63) is 0 Å². The molecule has 2 aliphatic heterocycles. The van der Waals surface area contributed by atoms with Gasteiger partial charge in [0.2, 0.25) is 5.91 Å². The van der Waals surface area contributed by atoms with Gasteiger partial charge in [-0.15, -0.1) is 0 Å². The van der Waals surface area contributed by atoms with Crippen LogP contribution in [0.3, 0.4) is 0 Å². The molecule has 9 nitrogen and oxygen atoms in total. The van der Waals surface area contributed by atoms with Gasteiger partial charge in [-0.1, -0.05) is 13.8 Å². The number of alkyl halides is 2. The SMILES string of the molecule is CCC1(CC)OC[C@H]([C@@H](O)[C@@H]2O[C@@](F)(C(=O)OC)[C@H](F)[C@H](N)[C@H]2NC(C)=O)O1. The van der Waals surface area contributed by atoms with E-state index in [9.17, 15) is 19.1 Å². The molecule has 1 amide bonds. The molecule has 7 atom stereocenters. The molecule has 28 heavy (non-hydrogen) atoms. The summed E-state index contributed by atoms with van der Waals surface area (Å²) in [5.41, 5.74) is 5.77. The Morgan fingerprint density at radius 3 is 2.43 bits per heavy atom. The maximum Gasteiger partial charge on any atom is 0.375 e. The van der Waals surface area contributed by atoms with Crippen molar-refractivity contribution in [2.24, 2.45) is 5.73 Å². The number of nitrogens with two attached hydrogens (primary N) is 1. The molecule has 0 saturated carbocycles. The lowest BCUT2D eigenvalue weighted by atomic mass is 9.86. The van der Waals surface area contributed by atoms with E-state index >= 15 is 4.39 Å². The van der Waals surface area contributed by atoms with Crippen molar-refractivity contribution in [2.75, 3.05) is 13.7 Å². The number of amides is 1. The van der Waals surface area contributed by atoms with Crippen molar-refractivity contribution in [1.82, 2.24) is 5.32 Å². The van der Waals surface area contributed by atoms with Gasteiger partial charge in [-0.05, 0) is 12.8 Å². The minimum absolute atomic E-state index is 0.0404. The second-order valence-electron chi connectivity index (χ2n) is 7.00. The first-order valence-corrected chi connectivity index (χ1v) is 9.17. The fraction of sp³-hybridized carbons (Fsp3) is 0.882. The summed E-state index contributed by atoms with van der Waals surface area (Å²) in [5.74, 6) is -6.70. The van der Waals surface area contributed by atoms with Gasteiger partial charge in [0.15, 0.2) is 12.0 Å². The molecule has 0 aromatic rings. The number of hydrogen-bond acceptors (Lipinski definition) is 8. The number of hydrogen-bond donors (Lipinski definition) is 3. The summed E-state index contributed by atoms with van der Waals surface area (Å²) in [7, 11) is 0.862. The summed E-state index contributed by atoms with van der Waals surface area (Å²) in [6.07, 6.45) is -5.77. The Labute approximate surface area is 161 Å². The van der Waals surface area contributed by atoms with Crippen molar-refractivity contribution in [1.29, 1.82) is 0 Å². The van der Waals surface area contributed by atoms with E-state index < -0.39 is 60.1 Å². The third-order valence-corrected chi connectivity index (χ3v) is 5.27. The van der Waals surface area contributed by atoms with Crippen LogP contribution in [0.25, 0.3) is 0 Å². The zero-order valence-corrected chi connectivity index (χ0v) is 16.3. The number of ether oxygens (including phenoxy) is 4. The first kappa shape index (κ1) is 22.9.